The molecule has 1 heterocycles. The first-order chi connectivity index (χ1) is 9.22. The summed E-state index contributed by atoms with van der Waals surface area (Å²) >= 11 is 2.06. The summed E-state index contributed by atoms with van der Waals surface area (Å²) in [5.74, 6) is 2.87. The molecular weight excluding hydrogens is 256 g/mol. The number of rotatable bonds is 6. The fourth-order valence-corrected chi connectivity index (χ4v) is 3.77. The standard InChI is InChI=1S/C14H24N4S/c1-4-15-14-16-10(3)9-13(18-14)17-11-7-6-8-12(11)19-5-2/h9,11-12H,4-8H2,1-3H3,(H2,15,16,17,18). The molecule has 2 rings (SSSR count). The van der Waals surface area contributed by atoms with Gasteiger partial charge in [-0.2, -0.15) is 16.7 Å². The van der Waals surface area contributed by atoms with Gasteiger partial charge in [-0.05, 0) is 32.4 Å². The molecular formula is C14H24N4S. The lowest BCUT2D eigenvalue weighted by atomic mass is 10.2. The molecule has 1 fully saturated rings. The van der Waals surface area contributed by atoms with Crippen molar-refractivity contribution < 1.29 is 0 Å². The molecule has 1 aromatic rings. The zero-order valence-electron chi connectivity index (χ0n) is 12.1. The Bertz CT molecular complexity index is 410. The first-order valence-corrected chi connectivity index (χ1v) is 8.25. The van der Waals surface area contributed by atoms with Crippen LogP contribution in [0.4, 0.5) is 11.8 Å². The highest BCUT2D eigenvalue weighted by atomic mass is 32.2. The Morgan fingerprint density at radius 1 is 1.32 bits per heavy atom. The molecule has 106 valence electrons. The van der Waals surface area contributed by atoms with E-state index in [1.807, 2.05) is 13.0 Å². The second kappa shape index (κ2) is 6.98. The van der Waals surface area contributed by atoms with Crippen LogP contribution in [0.1, 0.15) is 38.8 Å². The number of hydrogen-bond donors (Lipinski definition) is 2. The Morgan fingerprint density at radius 2 is 2.16 bits per heavy atom. The molecule has 1 saturated carbocycles. The molecule has 4 nitrogen and oxygen atoms in total. The predicted molar refractivity (Wildman–Crippen MR) is 84.1 cm³/mol. The van der Waals surface area contributed by atoms with Gasteiger partial charge in [0.25, 0.3) is 0 Å². The second-order valence-electron chi connectivity index (χ2n) is 4.92. The van der Waals surface area contributed by atoms with Gasteiger partial charge in [0.2, 0.25) is 5.95 Å². The molecule has 0 radical (unpaired) electrons. The van der Waals surface area contributed by atoms with Crippen LogP contribution in [-0.4, -0.2) is 33.6 Å². The van der Waals surface area contributed by atoms with E-state index >= 15 is 0 Å². The summed E-state index contributed by atoms with van der Waals surface area (Å²) in [7, 11) is 0. The Labute approximate surface area is 120 Å². The highest BCUT2D eigenvalue weighted by molar-refractivity contribution is 7.99. The smallest absolute Gasteiger partial charge is 0.224 e. The van der Waals surface area contributed by atoms with Crippen molar-refractivity contribution in [1.82, 2.24) is 9.97 Å². The third-order valence-electron chi connectivity index (χ3n) is 3.36. The number of nitrogens with one attached hydrogen (secondary N) is 2. The monoisotopic (exact) mass is 280 g/mol. The van der Waals surface area contributed by atoms with E-state index in [0.717, 1.165) is 29.3 Å². The van der Waals surface area contributed by atoms with E-state index in [9.17, 15) is 0 Å². The maximum Gasteiger partial charge on any atom is 0.224 e. The van der Waals surface area contributed by atoms with Gasteiger partial charge in [-0.1, -0.05) is 13.3 Å². The molecule has 2 atom stereocenters. The lowest BCUT2D eigenvalue weighted by Crippen LogP contribution is -2.27. The summed E-state index contributed by atoms with van der Waals surface area (Å²) in [6.07, 6.45) is 3.89. The summed E-state index contributed by atoms with van der Waals surface area (Å²) in [5.41, 5.74) is 1.01. The van der Waals surface area contributed by atoms with Crippen LogP contribution in [0, 0.1) is 6.92 Å². The SMILES string of the molecule is CCNc1nc(C)cc(NC2CCCC2SCC)n1. The fourth-order valence-electron chi connectivity index (χ4n) is 2.57. The van der Waals surface area contributed by atoms with Crippen molar-refractivity contribution >= 4 is 23.5 Å². The van der Waals surface area contributed by atoms with Crippen LogP contribution in [-0.2, 0) is 0 Å². The molecule has 19 heavy (non-hydrogen) atoms. The van der Waals surface area contributed by atoms with E-state index in [-0.39, 0.29) is 0 Å². The van der Waals surface area contributed by atoms with E-state index in [4.69, 9.17) is 0 Å². The van der Waals surface area contributed by atoms with Gasteiger partial charge in [0.05, 0.1) is 0 Å². The Kier molecular flexibility index (Phi) is 5.31. The molecule has 2 N–H and O–H groups in total. The summed E-state index contributed by atoms with van der Waals surface area (Å²) in [5, 5.41) is 7.51. The third-order valence-corrected chi connectivity index (χ3v) is 4.68. The van der Waals surface area contributed by atoms with Crippen molar-refractivity contribution in [2.24, 2.45) is 0 Å². The van der Waals surface area contributed by atoms with E-state index in [1.54, 1.807) is 0 Å². The lowest BCUT2D eigenvalue weighted by Gasteiger charge is -2.21. The van der Waals surface area contributed by atoms with Crippen LogP contribution in [0.2, 0.25) is 0 Å². The average Bonchev–Trinajstić information content (AvgIpc) is 2.77. The minimum absolute atomic E-state index is 0.550. The van der Waals surface area contributed by atoms with Gasteiger partial charge in [0.1, 0.15) is 5.82 Å². The summed E-state index contributed by atoms with van der Waals surface area (Å²) in [6, 6.07) is 2.58. The second-order valence-corrected chi connectivity index (χ2v) is 6.44. The van der Waals surface area contributed by atoms with Gasteiger partial charge in [-0.25, -0.2) is 4.98 Å². The largest absolute Gasteiger partial charge is 0.366 e. The molecule has 0 aromatic carbocycles. The highest BCUT2D eigenvalue weighted by Gasteiger charge is 2.27. The van der Waals surface area contributed by atoms with E-state index < -0.39 is 0 Å². The van der Waals surface area contributed by atoms with Gasteiger partial charge < -0.3 is 10.6 Å². The number of hydrogen-bond acceptors (Lipinski definition) is 5. The normalized spacial score (nSPS) is 22.5. The molecule has 5 heteroatoms. The number of thioether (sulfide) groups is 1. The number of aryl methyl sites for hydroxylation is 1. The van der Waals surface area contributed by atoms with Crippen LogP contribution in [0.15, 0.2) is 6.07 Å². The topological polar surface area (TPSA) is 49.8 Å². The fraction of sp³-hybridized carbons (Fsp3) is 0.714. The maximum atomic E-state index is 4.54. The lowest BCUT2D eigenvalue weighted by molar-refractivity contribution is 0.761. The van der Waals surface area contributed by atoms with Crippen molar-refractivity contribution in [1.29, 1.82) is 0 Å². The first-order valence-electron chi connectivity index (χ1n) is 7.20. The molecule has 0 aliphatic heterocycles. The quantitative estimate of drug-likeness (QED) is 0.837. The average molecular weight is 280 g/mol. The third kappa shape index (κ3) is 4.00. The number of nitrogens with zero attached hydrogens (tertiary/aromatic N) is 2. The first kappa shape index (κ1) is 14.4. The van der Waals surface area contributed by atoms with Crippen LogP contribution in [0.25, 0.3) is 0 Å². The van der Waals surface area contributed by atoms with Crippen molar-refractivity contribution in [3.63, 3.8) is 0 Å². The maximum absolute atomic E-state index is 4.54. The van der Waals surface area contributed by atoms with Crippen molar-refractivity contribution in [3.05, 3.63) is 11.8 Å². The minimum Gasteiger partial charge on any atom is -0.366 e. The molecule has 0 spiro atoms. The van der Waals surface area contributed by atoms with Crippen LogP contribution in [0.3, 0.4) is 0 Å². The van der Waals surface area contributed by atoms with E-state index in [0.29, 0.717) is 6.04 Å². The van der Waals surface area contributed by atoms with Gasteiger partial charge in [-0.3, -0.25) is 0 Å². The Morgan fingerprint density at radius 3 is 2.89 bits per heavy atom. The molecule has 2 unspecified atom stereocenters. The Balaban J connectivity index is 2.05. The van der Waals surface area contributed by atoms with Crippen molar-refractivity contribution in [2.75, 3.05) is 22.9 Å². The van der Waals surface area contributed by atoms with Crippen LogP contribution >= 0.6 is 11.8 Å². The van der Waals surface area contributed by atoms with Crippen molar-refractivity contribution in [2.45, 2.75) is 51.3 Å². The zero-order chi connectivity index (χ0) is 13.7. The highest BCUT2D eigenvalue weighted by Crippen LogP contribution is 2.31. The molecule has 1 aliphatic carbocycles. The number of aromatic nitrogens is 2. The predicted octanol–water partition coefficient (Wildman–Crippen LogP) is 3.30. The van der Waals surface area contributed by atoms with Crippen LogP contribution in [0.5, 0.6) is 0 Å². The van der Waals surface area contributed by atoms with Gasteiger partial charge >= 0.3 is 0 Å². The molecule has 0 amide bonds. The van der Waals surface area contributed by atoms with Gasteiger partial charge in [-0.15, -0.1) is 0 Å². The molecule has 1 aliphatic rings. The van der Waals surface area contributed by atoms with Gasteiger partial charge in [0, 0.05) is 29.6 Å². The van der Waals surface area contributed by atoms with Crippen LogP contribution < -0.4 is 10.6 Å². The number of anilines is 2. The zero-order valence-corrected chi connectivity index (χ0v) is 12.9. The summed E-state index contributed by atoms with van der Waals surface area (Å²) < 4.78 is 0. The summed E-state index contributed by atoms with van der Waals surface area (Å²) in [4.78, 5) is 8.92. The molecule has 0 bridgehead atoms. The summed E-state index contributed by atoms with van der Waals surface area (Å²) in [6.45, 7) is 7.16. The Hall–Kier alpha value is -0.970. The van der Waals surface area contributed by atoms with E-state index in [2.05, 4.69) is 46.2 Å². The minimum atomic E-state index is 0.550. The van der Waals surface area contributed by atoms with E-state index in [1.165, 1.54) is 25.0 Å². The molecule has 0 saturated heterocycles. The molecule has 1 aromatic heterocycles. The van der Waals surface area contributed by atoms with Gasteiger partial charge in [0.15, 0.2) is 0 Å². The van der Waals surface area contributed by atoms with Crippen molar-refractivity contribution in [3.8, 4) is 0 Å².